The Morgan fingerprint density at radius 2 is 1.86 bits per heavy atom. The summed E-state index contributed by atoms with van der Waals surface area (Å²) in [5, 5.41) is 2.85. The fraction of sp³-hybridized carbons (Fsp3) is 0.235. The van der Waals surface area contributed by atoms with Gasteiger partial charge in [-0.05, 0) is 72.1 Å². The van der Waals surface area contributed by atoms with Crippen LogP contribution in [0.25, 0.3) is 0 Å². The van der Waals surface area contributed by atoms with E-state index in [0.717, 1.165) is 15.7 Å². The van der Waals surface area contributed by atoms with Crippen LogP contribution in [0.15, 0.2) is 46.9 Å². The molecule has 0 bridgehead atoms. The van der Waals surface area contributed by atoms with Crippen molar-refractivity contribution in [1.29, 1.82) is 0 Å². The molecule has 1 amide bonds. The molecule has 1 unspecified atom stereocenters. The van der Waals surface area contributed by atoms with E-state index in [1.54, 1.807) is 6.92 Å². The van der Waals surface area contributed by atoms with E-state index >= 15 is 0 Å². The second-order valence-corrected chi connectivity index (χ2v) is 5.83. The second kappa shape index (κ2) is 6.76. The van der Waals surface area contributed by atoms with Gasteiger partial charge in [0, 0.05) is 4.47 Å². The van der Waals surface area contributed by atoms with E-state index in [-0.39, 0.29) is 5.91 Å². The topological polar surface area (TPSA) is 38.3 Å². The first-order chi connectivity index (χ1) is 9.97. The minimum Gasteiger partial charge on any atom is -0.481 e. The molecule has 0 spiro atoms. The predicted molar refractivity (Wildman–Crippen MR) is 88.8 cm³/mol. The SMILES string of the molecule is Cc1ccc(OC(C)C(=O)Nc2ccccc2Br)cc1C. The molecule has 3 nitrogen and oxygen atoms in total. The van der Waals surface area contributed by atoms with E-state index in [4.69, 9.17) is 4.74 Å². The van der Waals surface area contributed by atoms with Crippen molar-refractivity contribution in [3.8, 4) is 5.75 Å². The molecule has 2 rings (SSSR count). The van der Waals surface area contributed by atoms with Gasteiger partial charge < -0.3 is 10.1 Å². The molecule has 0 aliphatic rings. The second-order valence-electron chi connectivity index (χ2n) is 4.98. The smallest absolute Gasteiger partial charge is 0.265 e. The van der Waals surface area contributed by atoms with Gasteiger partial charge in [0.05, 0.1) is 5.69 Å². The molecule has 0 aromatic heterocycles. The van der Waals surface area contributed by atoms with Crippen molar-refractivity contribution in [2.45, 2.75) is 26.9 Å². The molecule has 1 N–H and O–H groups in total. The van der Waals surface area contributed by atoms with Gasteiger partial charge in [-0.15, -0.1) is 0 Å². The summed E-state index contributed by atoms with van der Waals surface area (Å²) < 4.78 is 6.54. The lowest BCUT2D eigenvalue weighted by Crippen LogP contribution is -2.30. The number of benzene rings is 2. The normalized spacial score (nSPS) is 11.8. The van der Waals surface area contributed by atoms with Gasteiger partial charge in [0.1, 0.15) is 5.75 Å². The molecule has 0 aliphatic carbocycles. The molecular weight excluding hydrogens is 330 g/mol. The Labute approximate surface area is 133 Å². The van der Waals surface area contributed by atoms with Crippen LogP contribution in [0.5, 0.6) is 5.75 Å². The monoisotopic (exact) mass is 347 g/mol. The summed E-state index contributed by atoms with van der Waals surface area (Å²) in [5.41, 5.74) is 3.08. The number of halogens is 1. The van der Waals surface area contributed by atoms with Crippen LogP contribution < -0.4 is 10.1 Å². The first-order valence-electron chi connectivity index (χ1n) is 6.76. The van der Waals surface area contributed by atoms with E-state index in [1.807, 2.05) is 56.3 Å². The van der Waals surface area contributed by atoms with Gasteiger partial charge in [-0.1, -0.05) is 18.2 Å². The summed E-state index contributed by atoms with van der Waals surface area (Å²) >= 11 is 3.40. The van der Waals surface area contributed by atoms with E-state index in [0.29, 0.717) is 5.75 Å². The van der Waals surface area contributed by atoms with Gasteiger partial charge in [0.2, 0.25) is 0 Å². The van der Waals surface area contributed by atoms with Crippen LogP contribution in [-0.2, 0) is 4.79 Å². The number of hydrogen-bond acceptors (Lipinski definition) is 2. The third-order valence-electron chi connectivity index (χ3n) is 3.29. The first kappa shape index (κ1) is 15.6. The standard InChI is InChI=1S/C17H18BrNO2/c1-11-8-9-14(10-12(11)2)21-13(3)17(20)19-16-7-5-4-6-15(16)18/h4-10,13H,1-3H3,(H,19,20). The number of para-hydroxylation sites is 1. The number of carbonyl (C=O) groups excluding carboxylic acids is 1. The maximum atomic E-state index is 12.2. The minimum atomic E-state index is -0.570. The molecule has 2 aromatic carbocycles. The third kappa shape index (κ3) is 4.08. The summed E-state index contributed by atoms with van der Waals surface area (Å²) in [4.78, 5) is 12.2. The van der Waals surface area contributed by atoms with Crippen molar-refractivity contribution < 1.29 is 9.53 Å². The molecule has 0 radical (unpaired) electrons. The molecule has 0 saturated heterocycles. The molecule has 0 saturated carbocycles. The lowest BCUT2D eigenvalue weighted by atomic mass is 10.1. The van der Waals surface area contributed by atoms with E-state index in [2.05, 4.69) is 21.2 Å². The third-order valence-corrected chi connectivity index (χ3v) is 3.98. The number of amides is 1. The summed E-state index contributed by atoms with van der Waals surface area (Å²) in [5.74, 6) is 0.521. The van der Waals surface area contributed by atoms with Gasteiger partial charge in [-0.2, -0.15) is 0 Å². The van der Waals surface area contributed by atoms with Crippen molar-refractivity contribution >= 4 is 27.5 Å². The van der Waals surface area contributed by atoms with Crippen molar-refractivity contribution in [2.24, 2.45) is 0 Å². The molecule has 4 heteroatoms. The minimum absolute atomic E-state index is 0.180. The Morgan fingerprint density at radius 1 is 1.14 bits per heavy atom. The largest absolute Gasteiger partial charge is 0.481 e. The molecule has 1 atom stereocenters. The molecule has 21 heavy (non-hydrogen) atoms. The number of nitrogens with one attached hydrogen (secondary N) is 1. The highest BCUT2D eigenvalue weighted by Gasteiger charge is 2.16. The Hall–Kier alpha value is -1.81. The lowest BCUT2D eigenvalue weighted by molar-refractivity contribution is -0.122. The number of hydrogen-bond donors (Lipinski definition) is 1. The van der Waals surface area contributed by atoms with Gasteiger partial charge >= 0.3 is 0 Å². The molecule has 110 valence electrons. The highest BCUT2D eigenvalue weighted by molar-refractivity contribution is 9.10. The van der Waals surface area contributed by atoms with Gasteiger partial charge in [0.25, 0.3) is 5.91 Å². The summed E-state index contributed by atoms with van der Waals surface area (Å²) in [6.45, 7) is 5.80. The highest BCUT2D eigenvalue weighted by atomic mass is 79.9. The van der Waals surface area contributed by atoms with Crippen LogP contribution in [0.2, 0.25) is 0 Å². The molecule has 0 aliphatic heterocycles. The number of aryl methyl sites for hydroxylation is 2. The first-order valence-corrected chi connectivity index (χ1v) is 7.56. The van der Waals surface area contributed by atoms with Crippen LogP contribution in [-0.4, -0.2) is 12.0 Å². The van der Waals surface area contributed by atoms with E-state index in [1.165, 1.54) is 5.56 Å². The van der Waals surface area contributed by atoms with Gasteiger partial charge in [0.15, 0.2) is 6.10 Å². The summed E-state index contributed by atoms with van der Waals surface area (Å²) in [7, 11) is 0. The molecular formula is C17H18BrNO2. The maximum Gasteiger partial charge on any atom is 0.265 e. The average Bonchev–Trinajstić information content (AvgIpc) is 2.45. The quantitative estimate of drug-likeness (QED) is 0.885. The fourth-order valence-electron chi connectivity index (χ4n) is 1.84. The van der Waals surface area contributed by atoms with Crippen LogP contribution in [0.3, 0.4) is 0 Å². The van der Waals surface area contributed by atoms with E-state index in [9.17, 15) is 4.79 Å². The van der Waals surface area contributed by atoms with Crippen molar-refractivity contribution in [2.75, 3.05) is 5.32 Å². The van der Waals surface area contributed by atoms with E-state index < -0.39 is 6.10 Å². The zero-order valence-corrected chi connectivity index (χ0v) is 13.9. The zero-order valence-electron chi connectivity index (χ0n) is 12.3. The highest BCUT2D eigenvalue weighted by Crippen LogP contribution is 2.22. The van der Waals surface area contributed by atoms with Crippen molar-refractivity contribution in [3.63, 3.8) is 0 Å². The van der Waals surface area contributed by atoms with Crippen molar-refractivity contribution in [3.05, 3.63) is 58.1 Å². The summed E-state index contributed by atoms with van der Waals surface area (Å²) in [6, 6.07) is 13.3. The Balaban J connectivity index is 2.02. The van der Waals surface area contributed by atoms with Gasteiger partial charge in [-0.3, -0.25) is 4.79 Å². The number of ether oxygens (including phenoxy) is 1. The maximum absolute atomic E-state index is 12.2. The molecule has 0 fully saturated rings. The van der Waals surface area contributed by atoms with Crippen LogP contribution in [0, 0.1) is 13.8 Å². The van der Waals surface area contributed by atoms with Crippen LogP contribution >= 0.6 is 15.9 Å². The van der Waals surface area contributed by atoms with Crippen molar-refractivity contribution in [1.82, 2.24) is 0 Å². The fourth-order valence-corrected chi connectivity index (χ4v) is 2.23. The predicted octanol–water partition coefficient (Wildman–Crippen LogP) is 4.47. The lowest BCUT2D eigenvalue weighted by Gasteiger charge is -2.16. The summed E-state index contributed by atoms with van der Waals surface area (Å²) in [6.07, 6.45) is -0.570. The number of rotatable bonds is 4. The Morgan fingerprint density at radius 3 is 2.52 bits per heavy atom. The van der Waals surface area contributed by atoms with Crippen LogP contribution in [0.4, 0.5) is 5.69 Å². The van der Waals surface area contributed by atoms with Crippen LogP contribution in [0.1, 0.15) is 18.1 Å². The molecule has 2 aromatic rings. The van der Waals surface area contributed by atoms with Gasteiger partial charge in [-0.25, -0.2) is 0 Å². The Kier molecular flexibility index (Phi) is 5.02. The Bertz CT molecular complexity index is 655. The zero-order chi connectivity index (χ0) is 15.4. The number of carbonyl (C=O) groups is 1. The average molecular weight is 348 g/mol. The number of anilines is 1. The molecule has 0 heterocycles.